The van der Waals surface area contributed by atoms with E-state index in [1.165, 1.54) is 25.7 Å². The largest absolute Gasteiger partial charge is 0.470 e. The maximum Gasteiger partial charge on any atom is 0.274 e. The van der Waals surface area contributed by atoms with E-state index in [4.69, 9.17) is 10.5 Å². The minimum absolute atomic E-state index is 0.756. The summed E-state index contributed by atoms with van der Waals surface area (Å²) in [5.41, 5.74) is 7.48. The van der Waals surface area contributed by atoms with Gasteiger partial charge in [0, 0.05) is 5.69 Å². The third kappa shape index (κ3) is 3.60. The van der Waals surface area contributed by atoms with Gasteiger partial charge in [0.25, 0.3) is 5.19 Å². The van der Waals surface area contributed by atoms with Gasteiger partial charge >= 0.3 is 0 Å². The quantitative estimate of drug-likeness (QED) is 0.601. The SMILES string of the molecule is CCCCCCCOc1nc2ccc(N)cc2s1. The first-order chi connectivity index (χ1) is 8.79. The Hall–Kier alpha value is -1.29. The number of aromatic nitrogens is 1. The van der Waals surface area contributed by atoms with Crippen LogP contribution in [0, 0.1) is 0 Å². The van der Waals surface area contributed by atoms with E-state index < -0.39 is 0 Å². The number of unbranched alkanes of at least 4 members (excludes halogenated alkanes) is 4. The first-order valence-corrected chi connectivity index (χ1v) is 7.40. The highest BCUT2D eigenvalue weighted by molar-refractivity contribution is 7.20. The normalized spacial score (nSPS) is 10.9. The van der Waals surface area contributed by atoms with Crippen LogP contribution in [0.5, 0.6) is 5.19 Å². The number of fused-ring (bicyclic) bond motifs is 1. The van der Waals surface area contributed by atoms with Crippen molar-refractivity contribution < 1.29 is 4.74 Å². The fourth-order valence-corrected chi connectivity index (χ4v) is 2.73. The van der Waals surface area contributed by atoms with Crippen LogP contribution in [0.15, 0.2) is 18.2 Å². The van der Waals surface area contributed by atoms with Gasteiger partial charge in [0.1, 0.15) is 0 Å². The van der Waals surface area contributed by atoms with Crippen LogP contribution < -0.4 is 10.5 Å². The Kier molecular flexibility index (Phi) is 4.81. The van der Waals surface area contributed by atoms with Crippen molar-refractivity contribution in [2.24, 2.45) is 0 Å². The monoisotopic (exact) mass is 264 g/mol. The average molecular weight is 264 g/mol. The molecule has 4 heteroatoms. The van der Waals surface area contributed by atoms with Crippen LogP contribution in [0.1, 0.15) is 39.0 Å². The molecule has 0 saturated carbocycles. The highest BCUT2D eigenvalue weighted by atomic mass is 32.1. The van der Waals surface area contributed by atoms with E-state index >= 15 is 0 Å². The third-order valence-electron chi connectivity index (χ3n) is 2.87. The fourth-order valence-electron chi connectivity index (χ4n) is 1.85. The van der Waals surface area contributed by atoms with E-state index in [0.717, 1.165) is 34.1 Å². The van der Waals surface area contributed by atoms with Crippen molar-refractivity contribution in [1.29, 1.82) is 0 Å². The van der Waals surface area contributed by atoms with Gasteiger partial charge in [-0.3, -0.25) is 0 Å². The Morgan fingerprint density at radius 3 is 2.89 bits per heavy atom. The van der Waals surface area contributed by atoms with Gasteiger partial charge in [-0.2, -0.15) is 0 Å². The lowest BCUT2D eigenvalue weighted by atomic mass is 10.2. The van der Waals surface area contributed by atoms with Crippen molar-refractivity contribution in [3.63, 3.8) is 0 Å². The number of thiazole rings is 1. The lowest BCUT2D eigenvalue weighted by Gasteiger charge is -2.01. The van der Waals surface area contributed by atoms with Crippen LogP contribution >= 0.6 is 11.3 Å². The van der Waals surface area contributed by atoms with Gasteiger partial charge in [0.2, 0.25) is 0 Å². The zero-order valence-corrected chi connectivity index (χ0v) is 11.6. The number of anilines is 1. The first-order valence-electron chi connectivity index (χ1n) is 6.58. The molecule has 0 unspecified atom stereocenters. The summed E-state index contributed by atoms with van der Waals surface area (Å²) in [5, 5.41) is 0.756. The molecule has 0 amide bonds. The van der Waals surface area contributed by atoms with Crippen LogP contribution in [0.3, 0.4) is 0 Å². The topological polar surface area (TPSA) is 48.1 Å². The number of hydrogen-bond acceptors (Lipinski definition) is 4. The number of nitrogens with two attached hydrogens (primary N) is 1. The van der Waals surface area contributed by atoms with E-state index in [1.54, 1.807) is 11.3 Å². The van der Waals surface area contributed by atoms with E-state index in [1.807, 2.05) is 18.2 Å². The van der Waals surface area contributed by atoms with Gasteiger partial charge in [-0.05, 0) is 24.6 Å². The predicted octanol–water partition coefficient (Wildman–Crippen LogP) is 4.23. The molecule has 0 aliphatic heterocycles. The van der Waals surface area contributed by atoms with Crippen molar-refractivity contribution in [3.05, 3.63) is 18.2 Å². The molecule has 1 aromatic carbocycles. The van der Waals surface area contributed by atoms with E-state index in [9.17, 15) is 0 Å². The van der Waals surface area contributed by atoms with Gasteiger partial charge < -0.3 is 10.5 Å². The summed E-state index contributed by atoms with van der Waals surface area (Å²) in [5.74, 6) is 0. The predicted molar refractivity (Wildman–Crippen MR) is 78.3 cm³/mol. The lowest BCUT2D eigenvalue weighted by molar-refractivity contribution is 0.303. The summed E-state index contributed by atoms with van der Waals surface area (Å²) in [6.45, 7) is 2.99. The van der Waals surface area contributed by atoms with Gasteiger partial charge in [0.05, 0.1) is 16.8 Å². The average Bonchev–Trinajstić information content (AvgIpc) is 2.75. The van der Waals surface area contributed by atoms with Crippen molar-refractivity contribution in [1.82, 2.24) is 4.98 Å². The molecule has 0 bridgehead atoms. The second-order valence-corrected chi connectivity index (χ2v) is 5.46. The molecule has 2 aromatic rings. The molecule has 0 spiro atoms. The number of benzene rings is 1. The molecule has 0 atom stereocenters. The molecule has 1 aromatic heterocycles. The van der Waals surface area contributed by atoms with E-state index in [0.29, 0.717) is 0 Å². The molecule has 0 radical (unpaired) electrons. The Labute approximate surface area is 112 Å². The van der Waals surface area contributed by atoms with Crippen LogP contribution in [0.2, 0.25) is 0 Å². The number of nitrogens with zero attached hydrogens (tertiary/aromatic N) is 1. The second-order valence-electron chi connectivity index (χ2n) is 4.47. The van der Waals surface area contributed by atoms with Crippen LogP contribution in [-0.2, 0) is 0 Å². The molecule has 0 fully saturated rings. The molecular weight excluding hydrogens is 244 g/mol. The third-order valence-corrected chi connectivity index (χ3v) is 3.80. The van der Waals surface area contributed by atoms with E-state index in [2.05, 4.69) is 11.9 Å². The first kappa shape index (κ1) is 13.1. The molecule has 0 saturated heterocycles. The molecule has 2 N–H and O–H groups in total. The summed E-state index contributed by atoms with van der Waals surface area (Å²) in [7, 11) is 0. The van der Waals surface area contributed by atoms with Crippen molar-refractivity contribution in [2.45, 2.75) is 39.0 Å². The number of rotatable bonds is 7. The van der Waals surface area contributed by atoms with E-state index in [-0.39, 0.29) is 0 Å². The maximum atomic E-state index is 5.74. The van der Waals surface area contributed by atoms with Gasteiger partial charge in [0.15, 0.2) is 0 Å². The number of ether oxygens (including phenoxy) is 1. The molecule has 0 aliphatic carbocycles. The molecule has 0 aliphatic rings. The zero-order valence-electron chi connectivity index (χ0n) is 10.8. The zero-order chi connectivity index (χ0) is 12.8. The number of hydrogen-bond donors (Lipinski definition) is 1. The van der Waals surface area contributed by atoms with Crippen LogP contribution in [0.4, 0.5) is 5.69 Å². The molecule has 18 heavy (non-hydrogen) atoms. The summed E-state index contributed by atoms with van der Waals surface area (Å²) in [4.78, 5) is 4.43. The second kappa shape index (κ2) is 6.59. The Morgan fingerprint density at radius 1 is 1.22 bits per heavy atom. The summed E-state index contributed by atoms with van der Waals surface area (Å²) in [6, 6.07) is 5.76. The van der Waals surface area contributed by atoms with Crippen LogP contribution in [-0.4, -0.2) is 11.6 Å². The van der Waals surface area contributed by atoms with Gasteiger partial charge in [-0.15, -0.1) is 0 Å². The standard InChI is InChI=1S/C14H20N2OS/c1-2-3-4-5-6-9-17-14-16-12-8-7-11(15)10-13(12)18-14/h7-8,10H,2-6,9,15H2,1H3. The molecule has 3 nitrogen and oxygen atoms in total. The number of nitrogen functional groups attached to an aromatic ring is 1. The Morgan fingerprint density at radius 2 is 2.06 bits per heavy atom. The maximum absolute atomic E-state index is 5.74. The van der Waals surface area contributed by atoms with Crippen molar-refractivity contribution >= 4 is 27.2 Å². The lowest BCUT2D eigenvalue weighted by Crippen LogP contribution is -1.96. The molecule has 1 heterocycles. The Bertz CT molecular complexity index is 495. The summed E-state index contributed by atoms with van der Waals surface area (Å²) < 4.78 is 6.77. The van der Waals surface area contributed by atoms with Crippen molar-refractivity contribution in [2.75, 3.05) is 12.3 Å². The Balaban J connectivity index is 1.81. The van der Waals surface area contributed by atoms with Crippen LogP contribution in [0.25, 0.3) is 10.2 Å². The minimum atomic E-state index is 0.756. The smallest absolute Gasteiger partial charge is 0.274 e. The minimum Gasteiger partial charge on any atom is -0.470 e. The highest BCUT2D eigenvalue weighted by Crippen LogP contribution is 2.29. The molecule has 2 rings (SSSR count). The van der Waals surface area contributed by atoms with Gasteiger partial charge in [-0.1, -0.05) is 43.9 Å². The molecule has 98 valence electrons. The van der Waals surface area contributed by atoms with Crippen molar-refractivity contribution in [3.8, 4) is 5.19 Å². The highest BCUT2D eigenvalue weighted by Gasteiger charge is 2.04. The summed E-state index contributed by atoms with van der Waals surface area (Å²) >= 11 is 1.57. The summed E-state index contributed by atoms with van der Waals surface area (Å²) in [6.07, 6.45) is 6.25. The fraction of sp³-hybridized carbons (Fsp3) is 0.500. The molecular formula is C14H20N2OS. The van der Waals surface area contributed by atoms with Gasteiger partial charge in [-0.25, -0.2) is 4.98 Å².